The summed E-state index contributed by atoms with van der Waals surface area (Å²) in [5.41, 5.74) is 0.579. The molecule has 0 saturated heterocycles. The van der Waals surface area contributed by atoms with Crippen LogP contribution in [0.4, 0.5) is 5.69 Å². The average molecular weight is 424 g/mol. The van der Waals surface area contributed by atoms with Crippen LogP contribution in [0.15, 0.2) is 40.9 Å². The summed E-state index contributed by atoms with van der Waals surface area (Å²) in [4.78, 5) is 12.1. The highest BCUT2D eigenvalue weighted by Crippen LogP contribution is 2.29. The summed E-state index contributed by atoms with van der Waals surface area (Å²) in [6.07, 6.45) is -0.735. The zero-order valence-electron chi connectivity index (χ0n) is 11.4. The number of hydrogen-bond acceptors (Lipinski definition) is 2. The van der Waals surface area contributed by atoms with Crippen LogP contribution >= 0.6 is 50.7 Å². The predicted molar refractivity (Wildman–Crippen MR) is 94.3 cm³/mol. The molecule has 0 bridgehead atoms. The predicted octanol–water partition coefficient (Wildman–Crippen LogP) is 5.82. The molecule has 1 amide bonds. The van der Waals surface area contributed by atoms with Crippen LogP contribution in [0.3, 0.4) is 0 Å². The van der Waals surface area contributed by atoms with Crippen LogP contribution in [-0.4, -0.2) is 12.0 Å². The molecule has 116 valence electrons. The zero-order chi connectivity index (χ0) is 16.3. The van der Waals surface area contributed by atoms with E-state index in [1.54, 1.807) is 43.3 Å². The molecular formula is C15H11BrCl3NO2. The number of hydrogen-bond donors (Lipinski definition) is 1. The number of carbonyl (C=O) groups excluding carboxylic acids is 1. The lowest BCUT2D eigenvalue weighted by atomic mass is 10.3. The van der Waals surface area contributed by atoms with Crippen molar-refractivity contribution in [3.8, 4) is 5.75 Å². The maximum Gasteiger partial charge on any atom is 0.265 e. The molecule has 2 rings (SSSR count). The molecule has 7 heteroatoms. The first-order chi connectivity index (χ1) is 10.4. The lowest BCUT2D eigenvalue weighted by molar-refractivity contribution is -0.122. The van der Waals surface area contributed by atoms with E-state index in [1.807, 2.05) is 0 Å². The van der Waals surface area contributed by atoms with Crippen LogP contribution in [0.5, 0.6) is 5.75 Å². The van der Waals surface area contributed by atoms with Crippen LogP contribution < -0.4 is 10.1 Å². The lowest BCUT2D eigenvalue weighted by Gasteiger charge is -2.16. The van der Waals surface area contributed by atoms with E-state index in [4.69, 9.17) is 39.5 Å². The van der Waals surface area contributed by atoms with Crippen LogP contribution in [0, 0.1) is 0 Å². The molecule has 0 spiro atoms. The number of anilines is 1. The summed E-state index contributed by atoms with van der Waals surface area (Å²) in [5, 5.41) is 4.07. The average Bonchev–Trinajstić information content (AvgIpc) is 2.45. The number of nitrogens with one attached hydrogen (secondary N) is 1. The molecule has 0 fully saturated rings. The van der Waals surface area contributed by atoms with E-state index in [0.29, 0.717) is 26.5 Å². The molecule has 0 aliphatic carbocycles. The van der Waals surface area contributed by atoms with E-state index in [9.17, 15) is 4.79 Å². The fraction of sp³-hybridized carbons (Fsp3) is 0.133. The van der Waals surface area contributed by atoms with Gasteiger partial charge in [0, 0.05) is 15.2 Å². The van der Waals surface area contributed by atoms with Gasteiger partial charge in [0.15, 0.2) is 6.10 Å². The Morgan fingerprint density at radius 2 is 1.86 bits per heavy atom. The first-order valence-corrected chi connectivity index (χ1v) is 8.17. The molecule has 0 saturated carbocycles. The van der Waals surface area contributed by atoms with Crippen LogP contribution in [0.2, 0.25) is 15.1 Å². The van der Waals surface area contributed by atoms with Crippen LogP contribution in [0.25, 0.3) is 0 Å². The minimum Gasteiger partial charge on any atom is -0.479 e. The van der Waals surface area contributed by atoms with Gasteiger partial charge in [-0.15, -0.1) is 0 Å². The molecule has 1 N–H and O–H groups in total. The maximum absolute atomic E-state index is 12.1. The SMILES string of the molecule is C[C@H](Oc1ccc(Cl)cc1Cl)C(=O)Nc1ccc(Br)c(Cl)c1. The van der Waals surface area contributed by atoms with Gasteiger partial charge in [0.1, 0.15) is 5.75 Å². The van der Waals surface area contributed by atoms with Gasteiger partial charge in [0.05, 0.1) is 10.0 Å². The topological polar surface area (TPSA) is 38.3 Å². The maximum atomic E-state index is 12.1. The van der Waals surface area contributed by atoms with E-state index >= 15 is 0 Å². The number of amides is 1. The first-order valence-electron chi connectivity index (χ1n) is 6.24. The second-order valence-electron chi connectivity index (χ2n) is 4.45. The fourth-order valence-electron chi connectivity index (χ4n) is 1.63. The summed E-state index contributed by atoms with van der Waals surface area (Å²) < 4.78 is 6.30. The van der Waals surface area contributed by atoms with Gasteiger partial charge < -0.3 is 10.1 Å². The van der Waals surface area contributed by atoms with Crippen molar-refractivity contribution in [2.75, 3.05) is 5.32 Å². The number of ether oxygens (including phenoxy) is 1. The van der Waals surface area contributed by atoms with Gasteiger partial charge in [-0.25, -0.2) is 0 Å². The van der Waals surface area contributed by atoms with Crippen molar-refractivity contribution in [2.24, 2.45) is 0 Å². The highest BCUT2D eigenvalue weighted by atomic mass is 79.9. The Balaban J connectivity index is 2.04. The summed E-state index contributed by atoms with van der Waals surface area (Å²) >= 11 is 21.1. The molecule has 2 aromatic rings. The lowest BCUT2D eigenvalue weighted by Crippen LogP contribution is -2.30. The monoisotopic (exact) mass is 421 g/mol. The Labute approximate surface area is 151 Å². The molecule has 3 nitrogen and oxygen atoms in total. The second kappa shape index (κ2) is 7.55. The minimum atomic E-state index is -0.735. The molecule has 0 aromatic heterocycles. The van der Waals surface area contributed by atoms with Gasteiger partial charge in [-0.1, -0.05) is 34.8 Å². The fourth-order valence-corrected chi connectivity index (χ4v) is 2.51. The highest BCUT2D eigenvalue weighted by Gasteiger charge is 2.16. The third kappa shape index (κ3) is 4.53. The summed E-state index contributed by atoms with van der Waals surface area (Å²) in [7, 11) is 0. The summed E-state index contributed by atoms with van der Waals surface area (Å²) in [5.74, 6) is 0.0759. The Hall–Kier alpha value is -0.940. The number of halogens is 4. The van der Waals surface area contributed by atoms with E-state index in [1.165, 1.54) is 0 Å². The number of rotatable bonds is 4. The summed E-state index contributed by atoms with van der Waals surface area (Å²) in [6.45, 7) is 1.63. The second-order valence-corrected chi connectivity index (χ2v) is 6.56. The first kappa shape index (κ1) is 17.4. The standard InChI is InChI=1S/C15H11BrCl3NO2/c1-8(22-14-5-2-9(17)6-13(14)19)15(21)20-10-3-4-11(16)12(18)7-10/h2-8H,1H3,(H,20,21)/t8-/m0/s1. The van der Waals surface area contributed by atoms with E-state index < -0.39 is 6.10 Å². The molecule has 22 heavy (non-hydrogen) atoms. The number of benzene rings is 2. The van der Waals surface area contributed by atoms with Gasteiger partial charge >= 0.3 is 0 Å². The zero-order valence-corrected chi connectivity index (χ0v) is 15.2. The minimum absolute atomic E-state index is 0.315. The molecule has 0 radical (unpaired) electrons. The smallest absolute Gasteiger partial charge is 0.265 e. The van der Waals surface area contributed by atoms with E-state index in [2.05, 4.69) is 21.2 Å². The van der Waals surface area contributed by atoms with E-state index in [-0.39, 0.29) is 5.91 Å². The molecular weight excluding hydrogens is 412 g/mol. The third-order valence-electron chi connectivity index (χ3n) is 2.75. The molecule has 1 atom stereocenters. The Bertz CT molecular complexity index is 709. The van der Waals surface area contributed by atoms with Gasteiger partial charge in [-0.05, 0) is 59.3 Å². The highest BCUT2D eigenvalue weighted by molar-refractivity contribution is 9.10. The van der Waals surface area contributed by atoms with Crippen molar-refractivity contribution in [1.82, 2.24) is 0 Å². The summed E-state index contributed by atoms with van der Waals surface area (Å²) in [6, 6.07) is 9.94. The Morgan fingerprint density at radius 1 is 1.14 bits per heavy atom. The normalized spacial score (nSPS) is 11.9. The van der Waals surface area contributed by atoms with Crippen LogP contribution in [0.1, 0.15) is 6.92 Å². The van der Waals surface area contributed by atoms with Crippen LogP contribution in [-0.2, 0) is 4.79 Å². The molecule has 0 aliphatic heterocycles. The quantitative estimate of drug-likeness (QED) is 0.673. The molecule has 0 aliphatic rings. The Kier molecular flexibility index (Phi) is 5.98. The Morgan fingerprint density at radius 3 is 2.50 bits per heavy atom. The molecule has 0 unspecified atom stereocenters. The van der Waals surface area contributed by atoms with Crippen molar-refractivity contribution in [2.45, 2.75) is 13.0 Å². The largest absolute Gasteiger partial charge is 0.479 e. The van der Waals surface area contributed by atoms with Gasteiger partial charge in [-0.2, -0.15) is 0 Å². The van der Waals surface area contributed by atoms with Gasteiger partial charge in [0.25, 0.3) is 5.91 Å². The van der Waals surface area contributed by atoms with Crippen molar-refractivity contribution >= 4 is 62.3 Å². The van der Waals surface area contributed by atoms with Gasteiger partial charge in [-0.3, -0.25) is 4.79 Å². The molecule has 0 heterocycles. The van der Waals surface area contributed by atoms with Crippen molar-refractivity contribution < 1.29 is 9.53 Å². The van der Waals surface area contributed by atoms with Crippen molar-refractivity contribution in [3.05, 3.63) is 55.9 Å². The van der Waals surface area contributed by atoms with Gasteiger partial charge in [0.2, 0.25) is 0 Å². The van der Waals surface area contributed by atoms with Crippen molar-refractivity contribution in [1.29, 1.82) is 0 Å². The molecule has 2 aromatic carbocycles. The number of carbonyl (C=O) groups is 1. The van der Waals surface area contributed by atoms with Crippen molar-refractivity contribution in [3.63, 3.8) is 0 Å². The third-order valence-corrected chi connectivity index (χ3v) is 4.52. The van der Waals surface area contributed by atoms with E-state index in [0.717, 1.165) is 4.47 Å².